The molecule has 0 atom stereocenters. The molecule has 1 aromatic rings. The fraction of sp³-hybridized carbons (Fsp3) is 0.733. The summed E-state index contributed by atoms with van der Waals surface area (Å²) in [6.07, 6.45) is 1.71. The zero-order chi connectivity index (χ0) is 15.4. The number of esters is 1. The topological polar surface area (TPSA) is 48.4 Å². The summed E-state index contributed by atoms with van der Waals surface area (Å²) < 4.78 is 10.8. The first kappa shape index (κ1) is 17.1. The molecule has 20 heavy (non-hydrogen) atoms. The van der Waals surface area contributed by atoms with Crippen molar-refractivity contribution in [1.29, 1.82) is 0 Å². The minimum Gasteiger partial charge on any atom is -0.465 e. The van der Waals surface area contributed by atoms with Crippen LogP contribution in [0, 0.1) is 0 Å². The van der Waals surface area contributed by atoms with Gasteiger partial charge in [0.15, 0.2) is 0 Å². The van der Waals surface area contributed by atoms with Crippen LogP contribution >= 0.6 is 11.3 Å². The van der Waals surface area contributed by atoms with E-state index in [0.29, 0.717) is 6.61 Å². The first-order chi connectivity index (χ1) is 9.37. The average molecular weight is 299 g/mol. The first-order valence-electron chi connectivity index (χ1n) is 7.06. The van der Waals surface area contributed by atoms with Crippen molar-refractivity contribution < 1.29 is 14.3 Å². The summed E-state index contributed by atoms with van der Waals surface area (Å²) >= 11 is 1.55. The van der Waals surface area contributed by atoms with E-state index in [2.05, 4.69) is 18.8 Å². The molecule has 0 amide bonds. The maximum atomic E-state index is 12.0. The van der Waals surface area contributed by atoms with Crippen LogP contribution in [0.3, 0.4) is 0 Å². The number of hydrogen-bond acceptors (Lipinski definition) is 5. The van der Waals surface area contributed by atoms with Crippen LogP contribution in [0.1, 0.15) is 58.2 Å². The highest BCUT2D eigenvalue weighted by Gasteiger charge is 2.37. The van der Waals surface area contributed by atoms with Crippen LogP contribution in [0.5, 0.6) is 0 Å². The standard InChI is InChI=1S/C15H25NO3S/c1-7-15(8-2,18-6)12-16-11(10-20-12)14(4,5)13(17)19-9-3/h10H,7-9H2,1-6H3. The lowest BCUT2D eigenvalue weighted by atomic mass is 9.90. The summed E-state index contributed by atoms with van der Waals surface area (Å²) in [6.45, 7) is 10.1. The lowest BCUT2D eigenvalue weighted by Crippen LogP contribution is -2.32. The largest absolute Gasteiger partial charge is 0.465 e. The van der Waals surface area contributed by atoms with Gasteiger partial charge in [0.1, 0.15) is 16.0 Å². The molecule has 0 N–H and O–H groups in total. The van der Waals surface area contributed by atoms with Gasteiger partial charge in [-0.2, -0.15) is 0 Å². The second-order valence-electron chi connectivity index (χ2n) is 5.29. The Kier molecular flexibility index (Phi) is 5.71. The van der Waals surface area contributed by atoms with E-state index in [9.17, 15) is 4.79 Å². The molecule has 0 saturated heterocycles. The minimum absolute atomic E-state index is 0.243. The quantitative estimate of drug-likeness (QED) is 0.721. The minimum atomic E-state index is -0.730. The number of hydrogen-bond donors (Lipinski definition) is 0. The number of ether oxygens (including phenoxy) is 2. The van der Waals surface area contributed by atoms with E-state index in [4.69, 9.17) is 9.47 Å². The molecule has 4 nitrogen and oxygen atoms in total. The Labute approximate surface area is 125 Å². The normalized spacial score (nSPS) is 12.5. The van der Waals surface area contributed by atoms with Gasteiger partial charge in [0.2, 0.25) is 0 Å². The van der Waals surface area contributed by atoms with Crippen molar-refractivity contribution in [3.8, 4) is 0 Å². The summed E-state index contributed by atoms with van der Waals surface area (Å²) in [5.41, 5.74) is -0.335. The third-order valence-corrected chi connectivity index (χ3v) is 4.88. The first-order valence-corrected chi connectivity index (χ1v) is 7.94. The van der Waals surface area contributed by atoms with Crippen LogP contribution in [0.25, 0.3) is 0 Å². The van der Waals surface area contributed by atoms with E-state index in [1.54, 1.807) is 18.4 Å². The van der Waals surface area contributed by atoms with Gasteiger partial charge in [-0.3, -0.25) is 4.79 Å². The molecule has 0 unspecified atom stereocenters. The number of rotatable bonds is 7. The lowest BCUT2D eigenvalue weighted by Gasteiger charge is -2.28. The van der Waals surface area contributed by atoms with Crippen molar-refractivity contribution >= 4 is 17.3 Å². The SMILES string of the molecule is CCOC(=O)C(C)(C)c1csc(C(CC)(CC)OC)n1. The fourth-order valence-corrected chi connectivity index (χ4v) is 3.42. The van der Waals surface area contributed by atoms with Crippen LogP contribution in [-0.2, 0) is 25.3 Å². The Hall–Kier alpha value is -0.940. The number of aromatic nitrogens is 1. The van der Waals surface area contributed by atoms with Crippen LogP contribution in [0.2, 0.25) is 0 Å². The zero-order valence-electron chi connectivity index (χ0n) is 13.3. The monoisotopic (exact) mass is 299 g/mol. The zero-order valence-corrected chi connectivity index (χ0v) is 14.1. The van der Waals surface area contributed by atoms with Crippen molar-refractivity contribution in [3.63, 3.8) is 0 Å². The van der Waals surface area contributed by atoms with E-state index in [0.717, 1.165) is 23.5 Å². The number of methoxy groups -OCH3 is 1. The van der Waals surface area contributed by atoms with E-state index in [1.165, 1.54) is 0 Å². The highest BCUT2D eigenvalue weighted by atomic mass is 32.1. The van der Waals surface area contributed by atoms with Gasteiger partial charge in [0.05, 0.1) is 12.3 Å². The summed E-state index contributed by atoms with van der Waals surface area (Å²) in [6, 6.07) is 0. The van der Waals surface area contributed by atoms with Gasteiger partial charge in [-0.25, -0.2) is 4.98 Å². The maximum absolute atomic E-state index is 12.0. The van der Waals surface area contributed by atoms with Gasteiger partial charge < -0.3 is 9.47 Å². The summed E-state index contributed by atoms with van der Waals surface area (Å²) in [5.74, 6) is -0.243. The Morgan fingerprint density at radius 2 is 1.90 bits per heavy atom. The Bertz CT molecular complexity index is 441. The van der Waals surface area contributed by atoms with Crippen LogP contribution in [0.15, 0.2) is 5.38 Å². The van der Waals surface area contributed by atoms with Crippen molar-refractivity contribution in [2.75, 3.05) is 13.7 Å². The highest BCUT2D eigenvalue weighted by molar-refractivity contribution is 7.09. The van der Waals surface area contributed by atoms with Crippen LogP contribution in [0.4, 0.5) is 0 Å². The molecule has 0 saturated carbocycles. The molecule has 1 rings (SSSR count). The maximum Gasteiger partial charge on any atom is 0.317 e. The summed E-state index contributed by atoms with van der Waals surface area (Å²) in [7, 11) is 1.71. The average Bonchev–Trinajstić information content (AvgIpc) is 2.93. The molecule has 0 aromatic carbocycles. The molecule has 114 valence electrons. The van der Waals surface area contributed by atoms with Gasteiger partial charge in [-0.1, -0.05) is 13.8 Å². The van der Waals surface area contributed by atoms with Gasteiger partial charge in [0, 0.05) is 12.5 Å². The van der Waals surface area contributed by atoms with Crippen molar-refractivity contribution in [1.82, 2.24) is 4.98 Å². The van der Waals surface area contributed by atoms with E-state index >= 15 is 0 Å². The molecular weight excluding hydrogens is 274 g/mol. The lowest BCUT2D eigenvalue weighted by molar-refractivity contribution is -0.148. The Morgan fingerprint density at radius 3 is 2.35 bits per heavy atom. The molecule has 1 heterocycles. The molecule has 0 aliphatic carbocycles. The summed E-state index contributed by atoms with van der Waals surface area (Å²) in [4.78, 5) is 16.7. The molecular formula is C15H25NO3S. The van der Waals surface area contributed by atoms with Crippen molar-refractivity contribution in [3.05, 3.63) is 16.1 Å². The molecule has 0 radical (unpaired) electrons. The third kappa shape index (κ3) is 3.04. The highest BCUT2D eigenvalue weighted by Crippen LogP contribution is 2.37. The predicted molar refractivity (Wildman–Crippen MR) is 81.0 cm³/mol. The Balaban J connectivity index is 3.11. The van der Waals surface area contributed by atoms with Gasteiger partial charge >= 0.3 is 5.97 Å². The summed E-state index contributed by atoms with van der Waals surface area (Å²) in [5, 5.41) is 2.86. The van der Waals surface area contributed by atoms with E-state index < -0.39 is 5.41 Å². The number of nitrogens with zero attached hydrogens (tertiary/aromatic N) is 1. The van der Waals surface area contributed by atoms with Gasteiger partial charge in [-0.05, 0) is 33.6 Å². The smallest absolute Gasteiger partial charge is 0.317 e. The molecule has 5 heteroatoms. The third-order valence-electron chi connectivity index (χ3n) is 3.85. The van der Waals surface area contributed by atoms with Crippen LogP contribution in [-0.4, -0.2) is 24.7 Å². The van der Waals surface area contributed by atoms with Crippen LogP contribution < -0.4 is 0 Å². The molecule has 0 bridgehead atoms. The second kappa shape index (κ2) is 6.68. The molecule has 0 spiro atoms. The van der Waals surface area contributed by atoms with E-state index in [-0.39, 0.29) is 11.6 Å². The molecule has 0 aliphatic heterocycles. The molecule has 1 aromatic heterocycles. The Morgan fingerprint density at radius 1 is 1.30 bits per heavy atom. The fourth-order valence-electron chi connectivity index (χ4n) is 2.11. The van der Waals surface area contributed by atoms with Crippen molar-refractivity contribution in [2.24, 2.45) is 0 Å². The van der Waals surface area contributed by atoms with E-state index in [1.807, 2.05) is 26.2 Å². The van der Waals surface area contributed by atoms with Gasteiger partial charge in [-0.15, -0.1) is 11.3 Å². The van der Waals surface area contributed by atoms with Crippen molar-refractivity contribution in [2.45, 2.75) is 58.5 Å². The number of carbonyl (C=O) groups is 1. The number of thiazole rings is 1. The second-order valence-corrected chi connectivity index (χ2v) is 6.15. The van der Waals surface area contributed by atoms with Gasteiger partial charge in [0.25, 0.3) is 0 Å². The number of carbonyl (C=O) groups excluding carboxylic acids is 1. The molecule has 0 fully saturated rings. The predicted octanol–water partition coefficient (Wildman–Crippen LogP) is 3.65. The molecule has 0 aliphatic rings.